The van der Waals surface area contributed by atoms with E-state index in [1.54, 1.807) is 12.1 Å². The minimum Gasteiger partial charge on any atom is -0.483 e. The largest absolute Gasteiger partial charge is 0.483 e. The molecule has 164 valence electrons. The Morgan fingerprint density at radius 1 is 1.06 bits per heavy atom. The molecule has 3 rings (SSSR count). The third kappa shape index (κ3) is 6.30. The van der Waals surface area contributed by atoms with E-state index in [2.05, 4.69) is 29.4 Å². The van der Waals surface area contributed by atoms with Gasteiger partial charge in [-0.05, 0) is 56.2 Å². The quantitative estimate of drug-likeness (QED) is 0.454. The van der Waals surface area contributed by atoms with Crippen LogP contribution in [0.2, 0.25) is 0 Å². The molecular weight excluding hydrogens is 415 g/mol. The molecule has 0 spiro atoms. The highest BCUT2D eigenvalue weighted by Gasteiger charge is 2.24. The molecule has 2 unspecified atom stereocenters. The second-order valence-electron chi connectivity index (χ2n) is 7.67. The summed E-state index contributed by atoms with van der Waals surface area (Å²) in [6, 6.07) is 15.2. The van der Waals surface area contributed by atoms with Crippen molar-refractivity contribution >= 4 is 23.4 Å². The normalized spacial score (nSPS) is 13.1. The van der Waals surface area contributed by atoms with E-state index < -0.39 is 0 Å². The van der Waals surface area contributed by atoms with Crippen molar-refractivity contribution in [2.45, 2.75) is 50.8 Å². The molecule has 8 heteroatoms. The van der Waals surface area contributed by atoms with E-state index in [1.165, 1.54) is 23.9 Å². The van der Waals surface area contributed by atoms with Crippen LogP contribution in [-0.4, -0.2) is 25.9 Å². The minimum absolute atomic E-state index is 0.104. The number of hydrogen-bond donors (Lipinski definition) is 1. The second kappa shape index (κ2) is 10.4. The summed E-state index contributed by atoms with van der Waals surface area (Å²) in [6.45, 7) is 8.62. The molecule has 0 radical (unpaired) electrons. The van der Waals surface area contributed by atoms with Gasteiger partial charge in [0.05, 0.1) is 5.25 Å². The van der Waals surface area contributed by atoms with E-state index >= 15 is 0 Å². The SMILES string of the molecule is CC(C)Cn1c(SC(C)C(=O)Nc2ccccc2)nnc1C(C)Oc1ccc(F)cc1. The number of hydrogen-bond acceptors (Lipinski definition) is 5. The van der Waals surface area contributed by atoms with E-state index in [4.69, 9.17) is 4.74 Å². The van der Waals surface area contributed by atoms with Crippen LogP contribution in [0.5, 0.6) is 5.75 Å². The molecule has 1 aromatic heterocycles. The molecular formula is C23H27FN4O2S. The number of thioether (sulfide) groups is 1. The van der Waals surface area contributed by atoms with Crippen molar-refractivity contribution in [2.24, 2.45) is 5.92 Å². The highest BCUT2D eigenvalue weighted by Crippen LogP contribution is 2.28. The predicted molar refractivity (Wildman–Crippen MR) is 121 cm³/mol. The summed E-state index contributed by atoms with van der Waals surface area (Å²) < 4.78 is 21.1. The number of benzene rings is 2. The summed E-state index contributed by atoms with van der Waals surface area (Å²) in [5.41, 5.74) is 0.755. The molecule has 0 fully saturated rings. The maximum Gasteiger partial charge on any atom is 0.237 e. The van der Waals surface area contributed by atoms with Crippen LogP contribution in [0.1, 0.15) is 39.6 Å². The summed E-state index contributed by atoms with van der Waals surface area (Å²) >= 11 is 1.36. The van der Waals surface area contributed by atoms with E-state index in [-0.39, 0.29) is 23.1 Å². The van der Waals surface area contributed by atoms with Crippen molar-refractivity contribution in [1.29, 1.82) is 0 Å². The fourth-order valence-corrected chi connectivity index (χ4v) is 3.84. The molecule has 0 aliphatic carbocycles. The second-order valence-corrected chi connectivity index (χ2v) is 8.98. The Morgan fingerprint density at radius 3 is 2.39 bits per heavy atom. The predicted octanol–water partition coefficient (Wildman–Crippen LogP) is 5.33. The van der Waals surface area contributed by atoms with E-state index in [1.807, 2.05) is 48.7 Å². The van der Waals surface area contributed by atoms with Crippen LogP contribution in [0.3, 0.4) is 0 Å². The maximum atomic E-state index is 13.2. The van der Waals surface area contributed by atoms with Crippen LogP contribution in [0.4, 0.5) is 10.1 Å². The first-order valence-electron chi connectivity index (χ1n) is 10.2. The van der Waals surface area contributed by atoms with Crippen molar-refractivity contribution in [3.05, 3.63) is 66.2 Å². The summed E-state index contributed by atoms with van der Waals surface area (Å²) in [6.07, 6.45) is -0.389. The standard InChI is InChI=1S/C23H27FN4O2S/c1-15(2)14-28-21(16(3)30-20-12-10-18(24)11-13-20)26-27-23(28)31-17(4)22(29)25-19-8-6-5-7-9-19/h5-13,15-17H,14H2,1-4H3,(H,25,29). The number of rotatable bonds is 9. The van der Waals surface area contributed by atoms with Gasteiger partial charge in [-0.3, -0.25) is 4.79 Å². The van der Waals surface area contributed by atoms with E-state index in [0.29, 0.717) is 29.2 Å². The Hall–Kier alpha value is -2.87. The highest BCUT2D eigenvalue weighted by atomic mass is 32.2. The number of aromatic nitrogens is 3. The zero-order valence-corrected chi connectivity index (χ0v) is 18.9. The molecule has 31 heavy (non-hydrogen) atoms. The van der Waals surface area contributed by atoms with Gasteiger partial charge in [0.2, 0.25) is 5.91 Å². The van der Waals surface area contributed by atoms with Gasteiger partial charge in [0.25, 0.3) is 0 Å². The lowest BCUT2D eigenvalue weighted by Gasteiger charge is -2.18. The van der Waals surface area contributed by atoms with Gasteiger partial charge in [0.15, 0.2) is 17.1 Å². The number of carbonyl (C=O) groups is 1. The smallest absolute Gasteiger partial charge is 0.237 e. The van der Waals surface area contributed by atoms with Gasteiger partial charge in [-0.2, -0.15) is 0 Å². The van der Waals surface area contributed by atoms with Gasteiger partial charge in [-0.15, -0.1) is 10.2 Å². The maximum absolute atomic E-state index is 13.2. The van der Waals surface area contributed by atoms with Crippen LogP contribution < -0.4 is 10.1 Å². The van der Waals surface area contributed by atoms with Crippen molar-refractivity contribution < 1.29 is 13.9 Å². The van der Waals surface area contributed by atoms with Gasteiger partial charge in [0, 0.05) is 12.2 Å². The van der Waals surface area contributed by atoms with Gasteiger partial charge < -0.3 is 14.6 Å². The topological polar surface area (TPSA) is 69.0 Å². The van der Waals surface area contributed by atoms with Crippen LogP contribution >= 0.6 is 11.8 Å². The van der Waals surface area contributed by atoms with Gasteiger partial charge in [-0.25, -0.2) is 4.39 Å². The number of para-hydroxylation sites is 1. The molecule has 0 bridgehead atoms. The molecule has 1 heterocycles. The summed E-state index contributed by atoms with van der Waals surface area (Å²) in [5, 5.41) is 11.9. The zero-order chi connectivity index (χ0) is 22.4. The van der Waals surface area contributed by atoms with Crippen LogP contribution in [0.25, 0.3) is 0 Å². The summed E-state index contributed by atoms with van der Waals surface area (Å²) in [7, 11) is 0. The molecule has 0 aliphatic heterocycles. The molecule has 2 aromatic carbocycles. The Labute approximate surface area is 186 Å². The van der Waals surface area contributed by atoms with Crippen LogP contribution in [0.15, 0.2) is 59.8 Å². The lowest BCUT2D eigenvalue weighted by Crippen LogP contribution is -2.23. The van der Waals surface area contributed by atoms with E-state index in [0.717, 1.165) is 5.69 Å². The fourth-order valence-electron chi connectivity index (χ4n) is 2.97. The Bertz CT molecular complexity index is 993. The van der Waals surface area contributed by atoms with Gasteiger partial charge in [0.1, 0.15) is 11.6 Å². The van der Waals surface area contributed by atoms with E-state index in [9.17, 15) is 9.18 Å². The molecule has 0 saturated heterocycles. The number of halogens is 1. The number of ether oxygens (including phenoxy) is 1. The Kier molecular flexibility index (Phi) is 7.68. The number of carbonyl (C=O) groups excluding carboxylic acids is 1. The average Bonchev–Trinajstić information content (AvgIpc) is 3.12. The molecule has 2 atom stereocenters. The van der Waals surface area contributed by atoms with Crippen molar-refractivity contribution in [1.82, 2.24) is 14.8 Å². The molecule has 3 aromatic rings. The van der Waals surface area contributed by atoms with Crippen LogP contribution in [-0.2, 0) is 11.3 Å². The van der Waals surface area contributed by atoms with Crippen molar-refractivity contribution in [3.8, 4) is 5.75 Å². The highest BCUT2D eigenvalue weighted by molar-refractivity contribution is 8.00. The summed E-state index contributed by atoms with van der Waals surface area (Å²) in [4.78, 5) is 12.6. The van der Waals surface area contributed by atoms with Gasteiger partial charge >= 0.3 is 0 Å². The van der Waals surface area contributed by atoms with Crippen molar-refractivity contribution in [3.63, 3.8) is 0 Å². The molecule has 1 N–H and O–H groups in total. The zero-order valence-electron chi connectivity index (χ0n) is 18.1. The minimum atomic E-state index is -0.389. The first kappa shape index (κ1) is 22.8. The van der Waals surface area contributed by atoms with Crippen molar-refractivity contribution in [2.75, 3.05) is 5.32 Å². The van der Waals surface area contributed by atoms with Crippen LogP contribution in [0, 0.1) is 11.7 Å². The number of amides is 1. The number of nitrogens with one attached hydrogen (secondary N) is 1. The third-order valence-corrected chi connectivity index (χ3v) is 5.56. The van der Waals surface area contributed by atoms with Gasteiger partial charge in [-0.1, -0.05) is 43.8 Å². The molecule has 0 saturated carbocycles. The molecule has 1 amide bonds. The number of anilines is 1. The number of nitrogens with zero attached hydrogens (tertiary/aromatic N) is 3. The fraction of sp³-hybridized carbons (Fsp3) is 0.348. The first-order chi connectivity index (χ1) is 14.8. The first-order valence-corrected chi connectivity index (χ1v) is 11.1. The third-order valence-electron chi connectivity index (χ3n) is 4.48. The molecule has 0 aliphatic rings. The summed E-state index contributed by atoms with van der Waals surface area (Å²) in [5.74, 6) is 1.14. The lowest BCUT2D eigenvalue weighted by atomic mass is 10.2. The molecule has 6 nitrogen and oxygen atoms in total. The Balaban J connectivity index is 1.74. The Morgan fingerprint density at radius 2 is 1.74 bits per heavy atom. The lowest BCUT2D eigenvalue weighted by molar-refractivity contribution is -0.115. The monoisotopic (exact) mass is 442 g/mol. The average molecular weight is 443 g/mol.